The zero-order valence-corrected chi connectivity index (χ0v) is 16.8. The summed E-state index contributed by atoms with van der Waals surface area (Å²) in [6, 6.07) is 0. The van der Waals surface area contributed by atoms with Gasteiger partial charge in [-0.05, 0) is 13.8 Å². The molecule has 10 nitrogen and oxygen atoms in total. The Balaban J connectivity index is 1.56. The van der Waals surface area contributed by atoms with Crippen LogP contribution in [0.2, 0.25) is 0 Å². The minimum atomic E-state index is -0.517. The van der Waals surface area contributed by atoms with Crippen molar-refractivity contribution >= 4 is 17.8 Å². The van der Waals surface area contributed by atoms with Gasteiger partial charge in [-0.15, -0.1) is 0 Å². The Morgan fingerprint density at radius 1 is 1.00 bits per heavy atom. The van der Waals surface area contributed by atoms with E-state index in [4.69, 9.17) is 14.5 Å². The molecule has 10 heteroatoms. The van der Waals surface area contributed by atoms with E-state index in [1.54, 1.807) is 0 Å². The van der Waals surface area contributed by atoms with Crippen LogP contribution in [0.15, 0.2) is 0 Å². The van der Waals surface area contributed by atoms with Crippen LogP contribution in [0, 0.1) is 0 Å². The SMILES string of the molecule is CC(C)(CO)Nc1nc(N2CCNCC2)nc(N2CCC3(CC2)OCCO3)n1. The molecule has 3 N–H and O–H groups in total. The van der Waals surface area contributed by atoms with Crippen LogP contribution in [0.25, 0.3) is 0 Å². The fourth-order valence-corrected chi connectivity index (χ4v) is 3.73. The molecule has 0 amide bonds. The first-order valence-electron chi connectivity index (χ1n) is 10.1. The molecular weight excluding hydrogens is 362 g/mol. The topological polar surface area (TPSA) is 108 Å². The Morgan fingerprint density at radius 3 is 2.14 bits per heavy atom. The van der Waals surface area contributed by atoms with Gasteiger partial charge in [0, 0.05) is 52.1 Å². The molecule has 0 unspecified atom stereocenters. The van der Waals surface area contributed by atoms with Crippen LogP contribution in [-0.4, -0.2) is 90.5 Å². The van der Waals surface area contributed by atoms with E-state index < -0.39 is 11.3 Å². The van der Waals surface area contributed by atoms with Crippen LogP contribution >= 0.6 is 0 Å². The zero-order chi connectivity index (χ0) is 19.6. The van der Waals surface area contributed by atoms with Gasteiger partial charge in [0.15, 0.2) is 5.79 Å². The smallest absolute Gasteiger partial charge is 0.232 e. The summed E-state index contributed by atoms with van der Waals surface area (Å²) in [4.78, 5) is 18.4. The van der Waals surface area contributed by atoms with E-state index in [1.165, 1.54) is 0 Å². The van der Waals surface area contributed by atoms with Gasteiger partial charge in [-0.2, -0.15) is 15.0 Å². The van der Waals surface area contributed by atoms with Crippen molar-refractivity contribution in [1.82, 2.24) is 20.3 Å². The van der Waals surface area contributed by atoms with Gasteiger partial charge in [-0.1, -0.05) is 0 Å². The molecule has 3 aliphatic heterocycles. The van der Waals surface area contributed by atoms with Crippen LogP contribution in [0.5, 0.6) is 0 Å². The molecule has 0 bridgehead atoms. The van der Waals surface area contributed by atoms with Gasteiger partial charge >= 0.3 is 0 Å². The molecule has 156 valence electrons. The summed E-state index contributed by atoms with van der Waals surface area (Å²) in [5, 5.41) is 16.2. The van der Waals surface area contributed by atoms with Crippen molar-refractivity contribution in [2.75, 3.05) is 74.2 Å². The number of ether oxygens (including phenoxy) is 2. The normalized spacial score (nSPS) is 22.7. The number of nitrogens with zero attached hydrogens (tertiary/aromatic N) is 5. The molecule has 1 spiro atoms. The molecule has 3 fully saturated rings. The monoisotopic (exact) mass is 393 g/mol. The highest BCUT2D eigenvalue weighted by molar-refractivity contribution is 5.46. The van der Waals surface area contributed by atoms with Crippen molar-refractivity contribution in [3.63, 3.8) is 0 Å². The maximum Gasteiger partial charge on any atom is 0.232 e. The quantitative estimate of drug-likeness (QED) is 0.623. The molecule has 4 rings (SSSR count). The van der Waals surface area contributed by atoms with Crippen molar-refractivity contribution in [2.45, 2.75) is 38.0 Å². The predicted molar refractivity (Wildman–Crippen MR) is 106 cm³/mol. The van der Waals surface area contributed by atoms with E-state index in [1.807, 2.05) is 13.8 Å². The van der Waals surface area contributed by atoms with Crippen LogP contribution in [0.4, 0.5) is 17.8 Å². The van der Waals surface area contributed by atoms with Gasteiger partial charge in [-0.25, -0.2) is 0 Å². The van der Waals surface area contributed by atoms with Crippen LogP contribution < -0.4 is 20.4 Å². The van der Waals surface area contributed by atoms with Crippen molar-refractivity contribution in [2.24, 2.45) is 0 Å². The highest BCUT2D eigenvalue weighted by Gasteiger charge is 2.40. The molecule has 0 saturated carbocycles. The maximum atomic E-state index is 9.62. The van der Waals surface area contributed by atoms with Gasteiger partial charge in [0.1, 0.15) is 0 Å². The van der Waals surface area contributed by atoms with Crippen molar-refractivity contribution in [3.05, 3.63) is 0 Å². The number of piperidine rings is 1. The first-order valence-corrected chi connectivity index (χ1v) is 10.1. The van der Waals surface area contributed by atoms with Crippen LogP contribution in [-0.2, 0) is 9.47 Å². The lowest BCUT2D eigenvalue weighted by Gasteiger charge is -2.38. The van der Waals surface area contributed by atoms with Gasteiger partial charge < -0.3 is 35.0 Å². The maximum absolute atomic E-state index is 9.62. The lowest BCUT2D eigenvalue weighted by atomic mass is 10.0. The predicted octanol–water partition coefficient (Wildman–Crippen LogP) is -0.193. The Labute approximate surface area is 165 Å². The number of aliphatic hydroxyl groups excluding tert-OH is 1. The molecular formula is C18H31N7O3. The fourth-order valence-electron chi connectivity index (χ4n) is 3.73. The average molecular weight is 393 g/mol. The van der Waals surface area contributed by atoms with E-state index in [9.17, 15) is 5.11 Å². The second-order valence-electron chi connectivity index (χ2n) is 8.26. The first kappa shape index (κ1) is 19.6. The number of nitrogens with one attached hydrogen (secondary N) is 2. The number of anilines is 3. The summed E-state index contributed by atoms with van der Waals surface area (Å²) in [5.74, 6) is 1.40. The van der Waals surface area contributed by atoms with Crippen molar-refractivity contribution < 1.29 is 14.6 Å². The Kier molecular flexibility index (Phi) is 5.55. The van der Waals surface area contributed by atoms with Gasteiger partial charge in [0.25, 0.3) is 0 Å². The summed E-state index contributed by atoms with van der Waals surface area (Å²) in [6.07, 6.45) is 1.60. The zero-order valence-electron chi connectivity index (χ0n) is 16.8. The summed E-state index contributed by atoms with van der Waals surface area (Å²) in [6.45, 7) is 10.2. The van der Waals surface area contributed by atoms with Gasteiger partial charge in [0.2, 0.25) is 17.8 Å². The average Bonchev–Trinajstić information content (AvgIpc) is 3.16. The van der Waals surface area contributed by atoms with Gasteiger partial charge in [-0.3, -0.25) is 0 Å². The third kappa shape index (κ3) is 4.29. The van der Waals surface area contributed by atoms with Crippen molar-refractivity contribution in [3.8, 4) is 0 Å². The molecule has 0 aromatic carbocycles. The number of hydrogen-bond donors (Lipinski definition) is 3. The van der Waals surface area contributed by atoms with E-state index in [0.29, 0.717) is 31.1 Å². The third-order valence-corrected chi connectivity index (χ3v) is 5.48. The molecule has 28 heavy (non-hydrogen) atoms. The second kappa shape index (κ2) is 7.94. The Morgan fingerprint density at radius 2 is 1.57 bits per heavy atom. The summed E-state index contributed by atoms with van der Waals surface area (Å²) in [5.41, 5.74) is -0.517. The minimum Gasteiger partial charge on any atom is -0.394 e. The summed E-state index contributed by atoms with van der Waals surface area (Å²) in [7, 11) is 0. The Hall–Kier alpha value is -1.75. The number of aromatic nitrogens is 3. The number of aliphatic hydroxyl groups is 1. The molecule has 0 radical (unpaired) electrons. The number of hydrogen-bond acceptors (Lipinski definition) is 10. The molecule has 3 aliphatic rings. The van der Waals surface area contributed by atoms with E-state index in [2.05, 4.69) is 30.4 Å². The molecule has 3 saturated heterocycles. The lowest BCUT2D eigenvalue weighted by Crippen LogP contribution is -2.47. The largest absolute Gasteiger partial charge is 0.394 e. The van der Waals surface area contributed by atoms with E-state index >= 15 is 0 Å². The van der Waals surface area contributed by atoms with Crippen LogP contribution in [0.1, 0.15) is 26.7 Å². The second-order valence-corrected chi connectivity index (χ2v) is 8.26. The highest BCUT2D eigenvalue weighted by atomic mass is 16.7. The summed E-state index contributed by atoms with van der Waals surface area (Å²) < 4.78 is 11.7. The highest BCUT2D eigenvalue weighted by Crippen LogP contribution is 2.33. The molecule has 0 aliphatic carbocycles. The number of piperazine rings is 1. The van der Waals surface area contributed by atoms with Gasteiger partial charge in [0.05, 0.1) is 25.4 Å². The fraction of sp³-hybridized carbons (Fsp3) is 0.833. The minimum absolute atomic E-state index is 0.0160. The van der Waals surface area contributed by atoms with Crippen LogP contribution in [0.3, 0.4) is 0 Å². The molecule has 0 atom stereocenters. The lowest BCUT2D eigenvalue weighted by molar-refractivity contribution is -0.169. The standard InChI is InChI=1S/C18H31N7O3/c1-17(2,13-26)23-14-20-15(22-16(21-14)25-9-5-19-6-10-25)24-7-3-18(4-8-24)27-11-12-28-18/h19,26H,3-13H2,1-2H3,(H,20,21,22,23). The number of rotatable bonds is 5. The Bertz CT molecular complexity index is 665. The first-order chi connectivity index (χ1) is 13.5. The third-order valence-electron chi connectivity index (χ3n) is 5.48. The molecule has 1 aromatic rings. The molecule has 4 heterocycles. The van der Waals surface area contributed by atoms with E-state index in [0.717, 1.165) is 52.1 Å². The van der Waals surface area contributed by atoms with E-state index in [-0.39, 0.29) is 6.61 Å². The summed E-state index contributed by atoms with van der Waals surface area (Å²) >= 11 is 0. The molecule has 1 aromatic heterocycles. The van der Waals surface area contributed by atoms with Crippen molar-refractivity contribution in [1.29, 1.82) is 0 Å².